The normalized spacial score (nSPS) is 18.5. The molecule has 1 aromatic heterocycles. The van der Waals surface area contributed by atoms with Crippen LogP contribution in [0.3, 0.4) is 0 Å². The van der Waals surface area contributed by atoms with E-state index >= 15 is 0 Å². The van der Waals surface area contributed by atoms with E-state index in [0.29, 0.717) is 25.1 Å². The van der Waals surface area contributed by atoms with Gasteiger partial charge in [-0.15, -0.1) is 0 Å². The summed E-state index contributed by atoms with van der Waals surface area (Å²) in [5.74, 6) is 0.0588. The second-order valence-electron chi connectivity index (χ2n) is 10.0. The lowest BCUT2D eigenvalue weighted by molar-refractivity contribution is -0.162. The predicted octanol–water partition coefficient (Wildman–Crippen LogP) is 5.04. The van der Waals surface area contributed by atoms with E-state index in [2.05, 4.69) is 6.92 Å². The number of aromatic hydroxyl groups is 1. The van der Waals surface area contributed by atoms with Gasteiger partial charge < -0.3 is 19.7 Å². The van der Waals surface area contributed by atoms with Crippen LogP contribution in [0.1, 0.15) is 109 Å². The molecule has 2 atom stereocenters. The van der Waals surface area contributed by atoms with Crippen LogP contribution in [0.4, 0.5) is 0 Å². The van der Waals surface area contributed by atoms with Gasteiger partial charge in [-0.1, -0.05) is 51.9 Å². The number of nitrogens with zero attached hydrogens (tertiary/aromatic N) is 2. The molecule has 7 heteroatoms. The number of unbranched alkanes of at least 4 members (excludes halogenated alkanes) is 7. The second kappa shape index (κ2) is 14.8. The molecule has 2 heterocycles. The molecule has 192 valence electrons. The molecule has 33 heavy (non-hydrogen) atoms. The lowest BCUT2D eigenvalue weighted by Gasteiger charge is -2.23. The molecule has 0 bridgehead atoms. The van der Waals surface area contributed by atoms with Crippen LogP contribution in [0.5, 0.6) is 5.88 Å². The van der Waals surface area contributed by atoms with Crippen LogP contribution in [0.25, 0.3) is 0 Å². The maximum absolute atomic E-state index is 12.6. The van der Waals surface area contributed by atoms with Gasteiger partial charge in [-0.3, -0.25) is 9.13 Å². The van der Waals surface area contributed by atoms with Crippen molar-refractivity contribution in [3.63, 3.8) is 0 Å². The van der Waals surface area contributed by atoms with Crippen molar-refractivity contribution in [3.05, 3.63) is 16.2 Å². The first kappa shape index (κ1) is 27.9. The third-order valence-corrected chi connectivity index (χ3v) is 6.86. The minimum Gasteiger partial charge on any atom is -0.493 e. The van der Waals surface area contributed by atoms with Gasteiger partial charge in [0.15, 0.2) is 6.29 Å². The Morgan fingerprint density at radius 1 is 1.06 bits per heavy atom. The standard InChI is InChI=1S/C26H48N2O5/c1-4-5-6-12-17-26(2,31)18-19-28-22(24(29)27(3)25(28)30)15-10-8-7-9-13-20-32-23-16-11-14-21-33-23/h23,29,31H,4-21H2,1-3H3. The molecule has 0 aliphatic carbocycles. The van der Waals surface area contributed by atoms with Crippen molar-refractivity contribution in [3.8, 4) is 5.88 Å². The van der Waals surface area contributed by atoms with Gasteiger partial charge in [0.2, 0.25) is 5.88 Å². The van der Waals surface area contributed by atoms with E-state index in [9.17, 15) is 15.0 Å². The van der Waals surface area contributed by atoms with Crippen molar-refractivity contribution in [2.24, 2.45) is 7.05 Å². The average Bonchev–Trinajstić information content (AvgIpc) is 3.01. The summed E-state index contributed by atoms with van der Waals surface area (Å²) in [4.78, 5) is 12.6. The molecule has 0 saturated carbocycles. The van der Waals surface area contributed by atoms with Crippen molar-refractivity contribution in [2.45, 2.75) is 129 Å². The summed E-state index contributed by atoms with van der Waals surface area (Å²) in [6.45, 7) is 6.04. The van der Waals surface area contributed by atoms with Gasteiger partial charge >= 0.3 is 5.69 Å². The number of aromatic nitrogens is 2. The molecule has 1 fully saturated rings. The Hall–Kier alpha value is -1.31. The van der Waals surface area contributed by atoms with Crippen LogP contribution in [0.15, 0.2) is 4.79 Å². The number of rotatable bonds is 17. The molecular formula is C26H48N2O5. The Bertz CT molecular complexity index is 719. The lowest BCUT2D eigenvalue weighted by Crippen LogP contribution is -2.30. The number of imidazole rings is 1. The maximum Gasteiger partial charge on any atom is 0.331 e. The van der Waals surface area contributed by atoms with Gasteiger partial charge in [-0.05, 0) is 58.3 Å². The van der Waals surface area contributed by atoms with Crippen molar-refractivity contribution >= 4 is 0 Å². The largest absolute Gasteiger partial charge is 0.493 e. The fourth-order valence-electron chi connectivity index (χ4n) is 4.57. The first-order valence-electron chi connectivity index (χ1n) is 13.3. The zero-order valence-electron chi connectivity index (χ0n) is 21.3. The summed E-state index contributed by atoms with van der Waals surface area (Å²) in [7, 11) is 1.61. The van der Waals surface area contributed by atoms with E-state index in [0.717, 1.165) is 77.4 Å². The first-order chi connectivity index (χ1) is 15.9. The molecule has 1 aromatic rings. The molecular weight excluding hydrogens is 420 g/mol. The molecule has 2 unspecified atom stereocenters. The summed E-state index contributed by atoms with van der Waals surface area (Å²) in [6.07, 6.45) is 15.0. The Morgan fingerprint density at radius 3 is 2.52 bits per heavy atom. The molecule has 1 saturated heterocycles. The zero-order valence-corrected chi connectivity index (χ0v) is 21.3. The summed E-state index contributed by atoms with van der Waals surface area (Å²) >= 11 is 0. The van der Waals surface area contributed by atoms with Gasteiger partial charge in [0.05, 0.1) is 11.3 Å². The Labute approximate surface area is 200 Å². The van der Waals surface area contributed by atoms with E-state index in [-0.39, 0.29) is 17.9 Å². The fourth-order valence-corrected chi connectivity index (χ4v) is 4.57. The molecule has 1 aliphatic rings. The van der Waals surface area contributed by atoms with E-state index in [1.54, 1.807) is 11.6 Å². The van der Waals surface area contributed by atoms with E-state index in [1.165, 1.54) is 23.8 Å². The van der Waals surface area contributed by atoms with Crippen LogP contribution in [-0.4, -0.2) is 44.5 Å². The quantitative estimate of drug-likeness (QED) is 0.313. The van der Waals surface area contributed by atoms with Crippen molar-refractivity contribution in [1.82, 2.24) is 9.13 Å². The van der Waals surface area contributed by atoms with Crippen molar-refractivity contribution in [1.29, 1.82) is 0 Å². The topological polar surface area (TPSA) is 85.8 Å². The average molecular weight is 469 g/mol. The molecule has 7 nitrogen and oxygen atoms in total. The van der Waals surface area contributed by atoms with Crippen LogP contribution >= 0.6 is 0 Å². The van der Waals surface area contributed by atoms with Gasteiger partial charge in [-0.2, -0.15) is 0 Å². The monoisotopic (exact) mass is 468 g/mol. The van der Waals surface area contributed by atoms with Crippen molar-refractivity contribution < 1.29 is 19.7 Å². The molecule has 0 radical (unpaired) electrons. The highest BCUT2D eigenvalue weighted by Crippen LogP contribution is 2.23. The smallest absolute Gasteiger partial charge is 0.331 e. The van der Waals surface area contributed by atoms with E-state index in [1.807, 2.05) is 6.92 Å². The molecule has 0 aromatic carbocycles. The highest BCUT2D eigenvalue weighted by atomic mass is 16.7. The minimum atomic E-state index is -0.791. The highest BCUT2D eigenvalue weighted by molar-refractivity contribution is 5.20. The minimum absolute atomic E-state index is 0.00587. The third kappa shape index (κ3) is 9.83. The predicted molar refractivity (Wildman–Crippen MR) is 132 cm³/mol. The molecule has 2 N–H and O–H groups in total. The van der Waals surface area contributed by atoms with Gasteiger partial charge in [0.1, 0.15) is 0 Å². The summed E-state index contributed by atoms with van der Waals surface area (Å²) < 4.78 is 14.3. The summed E-state index contributed by atoms with van der Waals surface area (Å²) in [6, 6.07) is 0. The van der Waals surface area contributed by atoms with Gasteiger partial charge in [-0.25, -0.2) is 4.79 Å². The second-order valence-corrected chi connectivity index (χ2v) is 10.0. The van der Waals surface area contributed by atoms with Gasteiger partial charge in [0, 0.05) is 26.8 Å². The van der Waals surface area contributed by atoms with E-state index in [4.69, 9.17) is 9.47 Å². The Balaban J connectivity index is 1.71. The third-order valence-electron chi connectivity index (χ3n) is 6.86. The highest BCUT2D eigenvalue weighted by Gasteiger charge is 2.23. The Morgan fingerprint density at radius 2 is 1.79 bits per heavy atom. The summed E-state index contributed by atoms with van der Waals surface area (Å²) in [5.41, 5.74) is -0.297. The lowest BCUT2D eigenvalue weighted by atomic mass is 9.94. The maximum atomic E-state index is 12.6. The SMILES string of the molecule is CCCCCCC(C)(O)CCn1c(CCCCCCCOC2CCCCO2)c(O)n(C)c1=O. The van der Waals surface area contributed by atoms with Crippen LogP contribution in [0.2, 0.25) is 0 Å². The zero-order chi connectivity index (χ0) is 24.1. The summed E-state index contributed by atoms with van der Waals surface area (Å²) in [5, 5.41) is 21.2. The Kier molecular flexibility index (Phi) is 12.6. The number of ether oxygens (including phenoxy) is 2. The van der Waals surface area contributed by atoms with Gasteiger partial charge in [0.25, 0.3) is 0 Å². The molecule has 2 rings (SSSR count). The van der Waals surface area contributed by atoms with Crippen LogP contribution in [-0.2, 0) is 29.5 Å². The number of aliphatic hydroxyl groups is 1. The number of hydrogen-bond acceptors (Lipinski definition) is 5. The first-order valence-corrected chi connectivity index (χ1v) is 13.3. The molecule has 0 spiro atoms. The van der Waals surface area contributed by atoms with Crippen molar-refractivity contribution in [2.75, 3.05) is 13.2 Å². The van der Waals surface area contributed by atoms with Crippen LogP contribution in [0, 0.1) is 0 Å². The van der Waals surface area contributed by atoms with E-state index < -0.39 is 5.60 Å². The molecule has 0 amide bonds. The van der Waals surface area contributed by atoms with Crippen LogP contribution < -0.4 is 5.69 Å². The molecule has 1 aliphatic heterocycles. The number of hydrogen-bond donors (Lipinski definition) is 2. The fraction of sp³-hybridized carbons (Fsp3) is 0.885.